The Morgan fingerprint density at radius 1 is 0.527 bits per heavy atom. The standard InChI is InChI=1S/C24H25NOP.C18H15P.C5H5.2ClH.Fe.Ru/c1-24(2,3)22-17-26-23(25-22)20-15-10-16-21(20)27(18-11-6-4-7-12-18)19-13-8-5-9-14-19;1-4-10-16(11-5-1)19(17-12-6-2-7-13-17)18-14-8-3-9-15-18;1-2-4-5-3-1;;;;/h4-16,22H,17H2,1-3H3;1-15H;1-5H;2*1H;;/q;;;;;2*+2/p-2/t22-;;;;;;/m1....../s1. The third-order valence-corrected chi connectivity index (χ3v) is 13.5. The molecule has 55 heavy (non-hydrogen) atoms. The predicted molar refractivity (Wildman–Crippen MR) is 233 cm³/mol. The summed E-state index contributed by atoms with van der Waals surface area (Å²) in [4.78, 5) is 4.94. The Labute approximate surface area is 360 Å². The Hall–Kier alpha value is -1.85. The van der Waals surface area contributed by atoms with Gasteiger partial charge in [0.2, 0.25) is 0 Å². The Bertz CT molecular complexity index is 1640. The summed E-state index contributed by atoms with van der Waals surface area (Å²) in [5.74, 6) is 1.94. The van der Waals surface area contributed by atoms with Crippen LogP contribution in [0.25, 0.3) is 0 Å². The minimum atomic E-state index is -0.649. The molecule has 0 bridgehead atoms. The van der Waals surface area contributed by atoms with E-state index in [1.54, 1.807) is 0 Å². The number of nitrogens with zero attached hydrogens (tertiary/aromatic N) is 1. The van der Waals surface area contributed by atoms with Crippen molar-refractivity contribution in [1.29, 1.82) is 0 Å². The Morgan fingerprint density at radius 3 is 1.16 bits per heavy atom. The van der Waals surface area contributed by atoms with Crippen LogP contribution in [0.3, 0.4) is 0 Å². The Kier molecular flexibility index (Phi) is 20.7. The van der Waals surface area contributed by atoms with E-state index in [1.807, 2.05) is 32.1 Å². The molecule has 0 saturated heterocycles. The fraction of sp³-hybridized carbons (Fsp3) is 0.128. The molecule has 5 aromatic rings. The first-order valence-corrected chi connectivity index (χ1v) is 24.9. The Morgan fingerprint density at radius 2 is 0.855 bits per heavy atom. The van der Waals surface area contributed by atoms with Gasteiger partial charge in [-0.3, -0.25) is 0 Å². The topological polar surface area (TPSA) is 21.6 Å². The van der Waals surface area contributed by atoms with Gasteiger partial charge in [0.1, 0.15) is 6.61 Å². The predicted octanol–water partition coefficient (Wildman–Crippen LogP) is 10.5. The van der Waals surface area contributed by atoms with E-state index in [-0.39, 0.29) is 43.7 Å². The number of ether oxygens (including phenoxy) is 1. The van der Waals surface area contributed by atoms with E-state index in [0.717, 1.165) is 11.8 Å². The van der Waals surface area contributed by atoms with Gasteiger partial charge in [-0.1, -0.05) is 172 Å². The van der Waals surface area contributed by atoms with Gasteiger partial charge in [0.15, 0.2) is 5.90 Å². The van der Waals surface area contributed by atoms with E-state index in [4.69, 9.17) is 29.1 Å². The van der Waals surface area contributed by atoms with Crippen molar-refractivity contribution >= 4 is 67.6 Å². The van der Waals surface area contributed by atoms with Crippen LogP contribution < -0.4 is 26.5 Å². The van der Waals surface area contributed by atoms with Crippen molar-refractivity contribution in [1.82, 2.24) is 0 Å². The van der Waals surface area contributed by atoms with Gasteiger partial charge in [-0.25, -0.2) is 4.99 Å². The minimum Gasteiger partial charge on any atom is -0.0622 e. The van der Waals surface area contributed by atoms with Crippen molar-refractivity contribution in [2.45, 2.75) is 26.8 Å². The van der Waals surface area contributed by atoms with Gasteiger partial charge in [-0.15, -0.1) is 0 Å². The smallest absolute Gasteiger partial charge is 0.0622 e. The van der Waals surface area contributed by atoms with E-state index < -0.39 is 15.8 Å². The number of rotatable bonds is 7. The van der Waals surface area contributed by atoms with Crippen LogP contribution >= 0.6 is 35.2 Å². The van der Waals surface area contributed by atoms with Gasteiger partial charge in [-0.05, 0) is 99.1 Å². The minimum absolute atomic E-state index is 0. The average Bonchev–Trinajstić information content (AvgIpc) is 4.03. The molecule has 0 amide bonds. The van der Waals surface area contributed by atoms with Crippen LogP contribution in [0, 0.1) is 68.4 Å². The van der Waals surface area contributed by atoms with Crippen molar-refractivity contribution in [3.8, 4) is 0 Å². The normalized spacial score (nSPS) is 16.8. The fourth-order valence-electron chi connectivity index (χ4n) is 5.83. The van der Waals surface area contributed by atoms with Crippen LogP contribution in [0.15, 0.2) is 157 Å². The van der Waals surface area contributed by atoms with E-state index >= 15 is 0 Å². The van der Waals surface area contributed by atoms with Crippen LogP contribution in [0.5, 0.6) is 0 Å². The summed E-state index contributed by atoms with van der Waals surface area (Å²) in [6.45, 7) is 7.33. The zero-order valence-electron chi connectivity index (χ0n) is 31.0. The van der Waals surface area contributed by atoms with Crippen molar-refractivity contribution in [3.05, 3.63) is 215 Å². The molecule has 0 N–H and O–H groups in total. The maximum absolute atomic E-state index is 6.06. The molecule has 1 atom stereocenters. The molecule has 282 valence electrons. The molecule has 1 heterocycles. The molecule has 0 unspecified atom stereocenters. The van der Waals surface area contributed by atoms with Crippen LogP contribution in [0.4, 0.5) is 0 Å². The van der Waals surface area contributed by atoms with Crippen LogP contribution in [-0.4, -0.2) is 18.5 Å². The second-order valence-corrected chi connectivity index (χ2v) is 20.4. The molecule has 0 spiro atoms. The molecule has 2 nitrogen and oxygen atoms in total. The molecule has 1 aliphatic heterocycles. The summed E-state index contributed by atoms with van der Waals surface area (Å²) in [7, 11) is 8.61. The molecule has 2 aliphatic carbocycles. The molecule has 8 heteroatoms. The maximum atomic E-state index is 6.06. The van der Waals surface area contributed by atoms with Gasteiger partial charge in [0.25, 0.3) is 0 Å². The summed E-state index contributed by atoms with van der Waals surface area (Å²) in [6.07, 6.45) is 16.5. The second kappa shape index (κ2) is 24.8. The summed E-state index contributed by atoms with van der Waals surface area (Å²) in [5.41, 5.74) is 1.42. The number of halogens is 2. The van der Waals surface area contributed by atoms with Crippen molar-refractivity contribution in [2.24, 2.45) is 10.4 Å². The summed E-state index contributed by atoms with van der Waals surface area (Å²) >= 11 is -0.346. The number of aliphatic imine (C=N–C) groups is 1. The van der Waals surface area contributed by atoms with Gasteiger partial charge in [0, 0.05) is 5.66 Å². The molecule has 3 aliphatic rings. The first kappa shape index (κ1) is 45.8. The second-order valence-electron chi connectivity index (χ2n) is 13.3. The first-order chi connectivity index (χ1) is 26.4. The quantitative estimate of drug-likeness (QED) is 0.118. The zero-order chi connectivity index (χ0) is 38.0. The summed E-state index contributed by atoms with van der Waals surface area (Å²) in [6, 6.07) is 54.1. The number of hydrogen-bond acceptors (Lipinski definition) is 2. The van der Waals surface area contributed by atoms with Crippen molar-refractivity contribution in [2.75, 3.05) is 6.61 Å². The summed E-state index contributed by atoms with van der Waals surface area (Å²) < 4.78 is 6.06. The van der Waals surface area contributed by atoms with E-state index in [2.05, 4.69) is 192 Å². The van der Waals surface area contributed by atoms with E-state index in [0.29, 0.717) is 6.61 Å². The Balaban J connectivity index is 0.000000208. The largest absolute Gasteiger partial charge is 2.00 e. The number of hydrogen-bond donors (Lipinski definition) is 0. The molecule has 8 rings (SSSR count). The molecular weight excluding hydrogens is 884 g/mol. The molecule has 2 saturated carbocycles. The molecular formula is C47H45Cl2FeNOP2Ru+2. The van der Waals surface area contributed by atoms with Gasteiger partial charge in [0.05, 0.1) is 12.0 Å². The van der Waals surface area contributed by atoms with Crippen LogP contribution in [0.2, 0.25) is 0 Å². The number of benzene rings is 5. The summed E-state index contributed by atoms with van der Waals surface area (Å²) in [5, 5.41) is 6.88. The SMILES string of the molecule is CC(C)(C)[C@H]1COC([C]2[CH][CH][CH][C]2P(c2ccccc2)c2ccccc2)=N1.[CH]1[CH][CH][CH][CH]1.[Cl][Ru][Cl].[Fe+2].c1ccc(P(c2ccccc2)c2ccccc2)cc1. The van der Waals surface area contributed by atoms with E-state index in [1.165, 1.54) is 32.2 Å². The fourth-order valence-corrected chi connectivity index (χ4v) is 10.6. The zero-order valence-corrected chi connectivity index (χ0v) is 37.2. The van der Waals surface area contributed by atoms with Crippen LogP contribution in [-0.2, 0) is 37.0 Å². The maximum Gasteiger partial charge on any atom is 2.00 e. The van der Waals surface area contributed by atoms with Crippen LogP contribution in [0.1, 0.15) is 20.8 Å². The monoisotopic (exact) mass is 929 g/mol. The molecule has 2 fully saturated rings. The van der Waals surface area contributed by atoms with Gasteiger partial charge < -0.3 is 4.74 Å². The van der Waals surface area contributed by atoms with Gasteiger partial charge >= 0.3 is 51.6 Å². The molecule has 0 aromatic heterocycles. The third-order valence-electron chi connectivity index (χ3n) is 8.54. The average molecular weight is 930 g/mol. The molecule has 10 radical (unpaired) electrons. The third kappa shape index (κ3) is 14.2. The van der Waals surface area contributed by atoms with Gasteiger partial charge in [-0.2, -0.15) is 0 Å². The van der Waals surface area contributed by atoms with Crippen molar-refractivity contribution in [3.63, 3.8) is 0 Å². The van der Waals surface area contributed by atoms with E-state index in [9.17, 15) is 0 Å². The van der Waals surface area contributed by atoms with Crippen molar-refractivity contribution < 1.29 is 37.0 Å². The first-order valence-electron chi connectivity index (χ1n) is 17.7. The molecule has 5 aromatic carbocycles.